The fourth-order valence-electron chi connectivity index (χ4n) is 3.78. The van der Waals surface area contributed by atoms with E-state index in [1.807, 2.05) is 0 Å². The Morgan fingerprint density at radius 3 is 2.23 bits per heavy atom. The zero-order valence-corrected chi connectivity index (χ0v) is 14.3. The van der Waals surface area contributed by atoms with Crippen LogP contribution >= 0.6 is 0 Å². The zero-order valence-electron chi connectivity index (χ0n) is 13.5. The summed E-state index contributed by atoms with van der Waals surface area (Å²) in [6.07, 6.45) is 5.78. The molecular weight excluding hydrogens is 300 g/mol. The number of nitrogens with zero attached hydrogens (tertiary/aromatic N) is 3. The van der Waals surface area contributed by atoms with Gasteiger partial charge in [-0.15, -0.1) is 0 Å². The van der Waals surface area contributed by atoms with Gasteiger partial charge in [0.2, 0.25) is 10.0 Å². The van der Waals surface area contributed by atoms with Gasteiger partial charge in [-0.2, -0.15) is 9.40 Å². The maximum Gasteiger partial charge on any atom is 0.246 e. The molecule has 7 heteroatoms. The van der Waals surface area contributed by atoms with Crippen LogP contribution in [0.15, 0.2) is 4.90 Å². The van der Waals surface area contributed by atoms with E-state index in [0.717, 1.165) is 12.8 Å². The number of rotatable bonds is 3. The molecule has 124 valence electrons. The number of aryl methyl sites for hydroxylation is 2. The molecule has 0 aliphatic carbocycles. The van der Waals surface area contributed by atoms with Crippen molar-refractivity contribution in [3.05, 3.63) is 11.4 Å². The van der Waals surface area contributed by atoms with E-state index in [2.05, 4.69) is 15.1 Å². The fourth-order valence-corrected chi connectivity index (χ4v) is 5.58. The van der Waals surface area contributed by atoms with Crippen LogP contribution in [0.25, 0.3) is 0 Å². The van der Waals surface area contributed by atoms with E-state index in [1.165, 1.54) is 32.4 Å². The number of likely N-dealkylation sites (tertiary alicyclic amines) is 1. The number of hydrogen-bond acceptors (Lipinski definition) is 4. The molecule has 22 heavy (non-hydrogen) atoms. The Morgan fingerprint density at radius 2 is 1.68 bits per heavy atom. The molecule has 0 spiro atoms. The van der Waals surface area contributed by atoms with Gasteiger partial charge in [-0.05, 0) is 52.6 Å². The van der Waals surface area contributed by atoms with Crippen molar-refractivity contribution in [2.75, 3.05) is 26.2 Å². The maximum atomic E-state index is 12.8. The lowest BCUT2D eigenvalue weighted by Crippen LogP contribution is -2.48. The molecular formula is C15H26N4O2S. The van der Waals surface area contributed by atoms with Crippen molar-refractivity contribution in [2.24, 2.45) is 0 Å². The first-order valence-corrected chi connectivity index (χ1v) is 9.70. The summed E-state index contributed by atoms with van der Waals surface area (Å²) in [4.78, 5) is 2.92. The molecule has 2 saturated heterocycles. The highest BCUT2D eigenvalue weighted by Crippen LogP contribution is 2.27. The van der Waals surface area contributed by atoms with Crippen molar-refractivity contribution in [1.82, 2.24) is 19.4 Å². The van der Waals surface area contributed by atoms with Crippen LogP contribution in [0.2, 0.25) is 0 Å². The van der Waals surface area contributed by atoms with Crippen LogP contribution in [0.4, 0.5) is 0 Å². The van der Waals surface area contributed by atoms with Gasteiger partial charge in [0.15, 0.2) is 0 Å². The summed E-state index contributed by atoms with van der Waals surface area (Å²) < 4.78 is 27.3. The van der Waals surface area contributed by atoms with E-state index in [-0.39, 0.29) is 0 Å². The largest absolute Gasteiger partial charge is 0.300 e. The number of piperidine rings is 2. The molecule has 0 unspecified atom stereocenters. The average molecular weight is 326 g/mol. The number of aromatic nitrogens is 2. The number of H-pyrrole nitrogens is 1. The summed E-state index contributed by atoms with van der Waals surface area (Å²) in [5, 5.41) is 6.81. The Balaban J connectivity index is 1.68. The third kappa shape index (κ3) is 2.94. The molecule has 3 heterocycles. The second-order valence-electron chi connectivity index (χ2n) is 6.50. The molecule has 6 nitrogen and oxygen atoms in total. The minimum atomic E-state index is -3.41. The highest BCUT2D eigenvalue weighted by atomic mass is 32.2. The van der Waals surface area contributed by atoms with Crippen LogP contribution in [0.3, 0.4) is 0 Å². The van der Waals surface area contributed by atoms with Crippen molar-refractivity contribution in [2.45, 2.75) is 56.9 Å². The predicted octanol–water partition coefficient (Wildman–Crippen LogP) is 1.67. The molecule has 0 atom stereocenters. The molecule has 1 aromatic rings. The predicted molar refractivity (Wildman–Crippen MR) is 85.3 cm³/mol. The molecule has 2 aliphatic heterocycles. The smallest absolute Gasteiger partial charge is 0.246 e. The van der Waals surface area contributed by atoms with Gasteiger partial charge in [0.1, 0.15) is 4.90 Å². The monoisotopic (exact) mass is 326 g/mol. The minimum absolute atomic E-state index is 0.365. The first-order valence-electron chi connectivity index (χ1n) is 8.26. The van der Waals surface area contributed by atoms with Crippen LogP contribution in [0.5, 0.6) is 0 Å². The Hall–Kier alpha value is -0.920. The lowest BCUT2D eigenvalue weighted by Gasteiger charge is -2.39. The van der Waals surface area contributed by atoms with Gasteiger partial charge < -0.3 is 4.90 Å². The van der Waals surface area contributed by atoms with Crippen LogP contribution < -0.4 is 0 Å². The van der Waals surface area contributed by atoms with Crippen LogP contribution in [0.1, 0.15) is 43.5 Å². The summed E-state index contributed by atoms with van der Waals surface area (Å²) in [6.45, 7) is 7.11. The second-order valence-corrected chi connectivity index (χ2v) is 8.37. The number of hydrogen-bond donors (Lipinski definition) is 1. The summed E-state index contributed by atoms with van der Waals surface area (Å²) in [5.74, 6) is 0. The highest BCUT2D eigenvalue weighted by molar-refractivity contribution is 7.89. The normalized spacial score (nSPS) is 23.0. The van der Waals surface area contributed by atoms with E-state index < -0.39 is 10.0 Å². The average Bonchev–Trinajstić information content (AvgIpc) is 2.88. The van der Waals surface area contributed by atoms with Crippen LogP contribution in [0, 0.1) is 13.8 Å². The van der Waals surface area contributed by atoms with Crippen LogP contribution in [-0.2, 0) is 10.0 Å². The van der Waals surface area contributed by atoms with Crippen LogP contribution in [-0.4, -0.2) is 60.0 Å². The Bertz CT molecular complexity index is 592. The first-order chi connectivity index (χ1) is 10.5. The molecule has 1 aromatic heterocycles. The lowest BCUT2D eigenvalue weighted by atomic mass is 10.0. The summed E-state index contributed by atoms with van der Waals surface area (Å²) in [6, 6.07) is 0.554. The van der Waals surface area contributed by atoms with Crippen molar-refractivity contribution < 1.29 is 8.42 Å². The molecule has 2 aliphatic rings. The standard InChI is InChI=1S/C15H26N4O2S/c1-12-15(13(2)17-16-12)22(20,21)19-10-6-14(7-11-19)18-8-4-3-5-9-18/h14H,3-11H2,1-2H3,(H,16,17). The Kier molecular flexibility index (Phi) is 4.56. The van der Waals surface area contributed by atoms with E-state index in [1.54, 1.807) is 18.2 Å². The van der Waals surface area contributed by atoms with Crippen molar-refractivity contribution in [3.8, 4) is 0 Å². The molecule has 1 N–H and O–H groups in total. The van der Waals surface area contributed by atoms with Gasteiger partial charge in [0.25, 0.3) is 0 Å². The first kappa shape index (κ1) is 16.0. The summed E-state index contributed by atoms with van der Waals surface area (Å²) in [7, 11) is -3.41. The van der Waals surface area contributed by atoms with Gasteiger partial charge >= 0.3 is 0 Å². The molecule has 0 bridgehead atoms. The van der Waals surface area contributed by atoms with Gasteiger partial charge in [0.05, 0.1) is 11.4 Å². The minimum Gasteiger partial charge on any atom is -0.300 e. The summed E-state index contributed by atoms with van der Waals surface area (Å²) >= 11 is 0. The third-order valence-corrected chi connectivity index (χ3v) is 7.15. The van der Waals surface area contributed by atoms with Gasteiger partial charge in [-0.25, -0.2) is 8.42 Å². The van der Waals surface area contributed by atoms with Crippen molar-refractivity contribution in [1.29, 1.82) is 0 Å². The maximum absolute atomic E-state index is 12.8. The fraction of sp³-hybridized carbons (Fsp3) is 0.800. The second kappa shape index (κ2) is 6.29. The molecule has 0 saturated carbocycles. The Morgan fingerprint density at radius 1 is 1.05 bits per heavy atom. The topological polar surface area (TPSA) is 69.3 Å². The van der Waals surface area contributed by atoms with Gasteiger partial charge in [-0.3, -0.25) is 5.10 Å². The quantitative estimate of drug-likeness (QED) is 0.917. The molecule has 3 rings (SSSR count). The highest BCUT2D eigenvalue weighted by Gasteiger charge is 2.34. The Labute approximate surface area is 132 Å². The number of nitrogens with one attached hydrogen (secondary N) is 1. The van der Waals surface area contributed by atoms with E-state index in [0.29, 0.717) is 35.4 Å². The molecule has 0 amide bonds. The lowest BCUT2D eigenvalue weighted by molar-refractivity contribution is 0.118. The van der Waals surface area contributed by atoms with E-state index >= 15 is 0 Å². The zero-order chi connectivity index (χ0) is 15.7. The molecule has 0 radical (unpaired) electrons. The molecule has 0 aromatic carbocycles. The molecule has 2 fully saturated rings. The van der Waals surface area contributed by atoms with Crippen molar-refractivity contribution in [3.63, 3.8) is 0 Å². The van der Waals surface area contributed by atoms with Gasteiger partial charge in [0, 0.05) is 19.1 Å². The SMILES string of the molecule is Cc1n[nH]c(C)c1S(=O)(=O)N1CCC(N2CCCCC2)CC1. The summed E-state index contributed by atoms with van der Waals surface area (Å²) in [5.41, 5.74) is 1.20. The van der Waals surface area contributed by atoms with Gasteiger partial charge in [-0.1, -0.05) is 6.42 Å². The number of sulfonamides is 1. The van der Waals surface area contributed by atoms with E-state index in [9.17, 15) is 8.42 Å². The van der Waals surface area contributed by atoms with Crippen molar-refractivity contribution >= 4 is 10.0 Å². The van der Waals surface area contributed by atoms with E-state index in [4.69, 9.17) is 0 Å². The number of aromatic amines is 1. The third-order valence-electron chi connectivity index (χ3n) is 4.99.